The van der Waals surface area contributed by atoms with Gasteiger partial charge in [-0.25, -0.2) is 19.2 Å². The van der Waals surface area contributed by atoms with Gasteiger partial charge in [-0.05, 0) is 30.9 Å². The van der Waals surface area contributed by atoms with Gasteiger partial charge in [0, 0.05) is 17.5 Å². The molecular formula is C20H20FN3O5. The summed E-state index contributed by atoms with van der Waals surface area (Å²) in [7, 11) is 0. The van der Waals surface area contributed by atoms with Crippen LogP contribution in [0.1, 0.15) is 46.9 Å². The molecule has 29 heavy (non-hydrogen) atoms. The number of halogens is 1. The average Bonchev–Trinajstić information content (AvgIpc) is 3.56. The second kappa shape index (κ2) is 8.14. The Bertz CT molecular complexity index is 975. The highest BCUT2D eigenvalue weighted by Crippen LogP contribution is 2.40. The van der Waals surface area contributed by atoms with E-state index in [1.807, 2.05) is 6.08 Å². The maximum atomic E-state index is 14.4. The maximum Gasteiger partial charge on any atom is 0.358 e. The summed E-state index contributed by atoms with van der Waals surface area (Å²) in [5, 5.41) is 21.7. The van der Waals surface area contributed by atoms with Crippen LogP contribution in [0.15, 0.2) is 24.4 Å². The lowest BCUT2D eigenvalue weighted by Gasteiger charge is -2.20. The van der Waals surface area contributed by atoms with Gasteiger partial charge in [-0.1, -0.05) is 6.08 Å². The van der Waals surface area contributed by atoms with Crippen molar-refractivity contribution in [2.24, 2.45) is 0 Å². The van der Waals surface area contributed by atoms with E-state index in [0.29, 0.717) is 30.9 Å². The minimum Gasteiger partial charge on any atom is -0.476 e. The molecule has 2 heterocycles. The Hall–Kier alpha value is -3.04. The van der Waals surface area contributed by atoms with Crippen molar-refractivity contribution in [2.45, 2.75) is 25.2 Å². The number of carbonyl (C=O) groups is 1. The second-order valence-electron chi connectivity index (χ2n) is 6.85. The molecule has 4 rings (SSSR count). The lowest BCUT2D eigenvalue weighted by Crippen LogP contribution is -2.12. The average molecular weight is 401 g/mol. The molecule has 2 aliphatic rings. The molecule has 8 nitrogen and oxygen atoms in total. The highest BCUT2D eigenvalue weighted by atomic mass is 19.1. The smallest absolute Gasteiger partial charge is 0.358 e. The van der Waals surface area contributed by atoms with E-state index in [0.717, 1.165) is 24.5 Å². The predicted molar refractivity (Wildman–Crippen MR) is 102 cm³/mol. The zero-order valence-corrected chi connectivity index (χ0v) is 15.5. The van der Waals surface area contributed by atoms with Crippen LogP contribution in [0.2, 0.25) is 0 Å². The van der Waals surface area contributed by atoms with Crippen molar-refractivity contribution in [1.82, 2.24) is 9.97 Å². The van der Waals surface area contributed by atoms with Crippen molar-refractivity contribution in [1.29, 1.82) is 0 Å². The molecule has 0 radical (unpaired) electrons. The van der Waals surface area contributed by atoms with Gasteiger partial charge in [-0.15, -0.1) is 0 Å². The zero-order chi connectivity index (χ0) is 20.4. The van der Waals surface area contributed by atoms with E-state index in [4.69, 9.17) is 9.47 Å². The Morgan fingerprint density at radius 1 is 1.38 bits per heavy atom. The monoisotopic (exact) mass is 401 g/mol. The first-order chi connectivity index (χ1) is 14.1. The molecule has 2 aromatic rings. The SMILES string of the molecule is O=C(O)c1nc(C2CC2)cnc1Nc1cc(F)cc(C2=CCOCC2)c1OCO. The number of hydrogen-bond acceptors (Lipinski definition) is 7. The maximum absolute atomic E-state index is 14.4. The van der Waals surface area contributed by atoms with Crippen LogP contribution in [0.5, 0.6) is 5.75 Å². The molecule has 1 aliphatic carbocycles. The number of aromatic carboxylic acids is 1. The quantitative estimate of drug-likeness (QED) is 0.607. The molecule has 1 fully saturated rings. The highest BCUT2D eigenvalue weighted by molar-refractivity contribution is 5.92. The van der Waals surface area contributed by atoms with Gasteiger partial charge in [-0.2, -0.15) is 0 Å². The van der Waals surface area contributed by atoms with Crippen LogP contribution in [-0.4, -0.2) is 46.2 Å². The summed E-state index contributed by atoms with van der Waals surface area (Å²) >= 11 is 0. The zero-order valence-electron chi connectivity index (χ0n) is 15.5. The summed E-state index contributed by atoms with van der Waals surface area (Å²) in [6, 6.07) is 2.48. The number of carboxylic acid groups (broad SMARTS) is 1. The highest BCUT2D eigenvalue weighted by Gasteiger charge is 2.28. The van der Waals surface area contributed by atoms with Crippen molar-refractivity contribution in [2.75, 3.05) is 25.3 Å². The van der Waals surface area contributed by atoms with Crippen molar-refractivity contribution in [3.63, 3.8) is 0 Å². The normalized spacial score (nSPS) is 16.3. The van der Waals surface area contributed by atoms with E-state index >= 15 is 0 Å². The first-order valence-electron chi connectivity index (χ1n) is 9.28. The van der Waals surface area contributed by atoms with Gasteiger partial charge in [0.2, 0.25) is 0 Å². The number of ether oxygens (including phenoxy) is 2. The standard InChI is InChI=1S/C20H20FN3O5/c21-13-7-14(11-3-5-28-6-4-11)18(29-10-25)15(8-13)24-19-17(20(26)27)23-16(9-22-19)12-1-2-12/h3,7-9,12,25H,1-2,4-6,10H2,(H,22,24)(H,26,27). The molecule has 0 amide bonds. The lowest BCUT2D eigenvalue weighted by atomic mass is 9.99. The number of benzene rings is 1. The van der Waals surface area contributed by atoms with E-state index in [-0.39, 0.29) is 28.9 Å². The number of anilines is 2. The van der Waals surface area contributed by atoms with Crippen molar-refractivity contribution < 1.29 is 28.9 Å². The van der Waals surface area contributed by atoms with Crippen molar-refractivity contribution >= 4 is 23.0 Å². The number of rotatable bonds is 7. The van der Waals surface area contributed by atoms with Crippen LogP contribution in [0.4, 0.5) is 15.9 Å². The Morgan fingerprint density at radius 2 is 2.21 bits per heavy atom. The molecule has 3 N–H and O–H groups in total. The van der Waals surface area contributed by atoms with E-state index in [2.05, 4.69) is 15.3 Å². The van der Waals surface area contributed by atoms with Crippen LogP contribution in [0.3, 0.4) is 0 Å². The number of hydrogen-bond donors (Lipinski definition) is 3. The molecule has 0 spiro atoms. The molecule has 1 aliphatic heterocycles. The topological polar surface area (TPSA) is 114 Å². The minimum absolute atomic E-state index is 0.0257. The molecule has 0 bridgehead atoms. The van der Waals surface area contributed by atoms with Gasteiger partial charge < -0.3 is 25.0 Å². The van der Waals surface area contributed by atoms with E-state index in [9.17, 15) is 19.4 Å². The summed E-state index contributed by atoms with van der Waals surface area (Å²) in [4.78, 5) is 20.1. The van der Waals surface area contributed by atoms with Gasteiger partial charge >= 0.3 is 5.97 Å². The molecule has 1 aromatic heterocycles. The largest absolute Gasteiger partial charge is 0.476 e. The molecule has 0 unspecified atom stereocenters. The summed E-state index contributed by atoms with van der Waals surface area (Å²) in [6.45, 7) is 0.251. The molecule has 0 atom stereocenters. The van der Waals surface area contributed by atoms with Gasteiger partial charge in [-0.3, -0.25) is 0 Å². The van der Waals surface area contributed by atoms with Crippen LogP contribution < -0.4 is 10.1 Å². The fourth-order valence-corrected chi connectivity index (χ4v) is 3.26. The minimum atomic E-state index is -1.24. The lowest BCUT2D eigenvalue weighted by molar-refractivity contribution is 0.0690. The summed E-state index contributed by atoms with van der Waals surface area (Å²) in [6.07, 6.45) is 5.82. The summed E-state index contributed by atoms with van der Waals surface area (Å²) in [5.41, 5.74) is 1.81. The number of aliphatic hydroxyl groups is 1. The molecule has 9 heteroatoms. The number of aliphatic hydroxyl groups excluding tert-OH is 1. The Morgan fingerprint density at radius 3 is 2.86 bits per heavy atom. The van der Waals surface area contributed by atoms with E-state index in [1.165, 1.54) is 12.3 Å². The third-order valence-corrected chi connectivity index (χ3v) is 4.81. The van der Waals surface area contributed by atoms with Gasteiger partial charge in [0.1, 0.15) is 5.82 Å². The Labute approximate surface area is 166 Å². The molecule has 152 valence electrons. The van der Waals surface area contributed by atoms with Gasteiger partial charge in [0.05, 0.1) is 30.8 Å². The number of nitrogens with one attached hydrogen (secondary N) is 1. The number of nitrogens with zero attached hydrogens (tertiary/aromatic N) is 2. The van der Waals surface area contributed by atoms with Gasteiger partial charge in [0.25, 0.3) is 0 Å². The van der Waals surface area contributed by atoms with E-state index in [1.54, 1.807) is 0 Å². The first kappa shape index (κ1) is 19.3. The predicted octanol–water partition coefficient (Wildman–Crippen LogP) is 3.07. The Balaban J connectivity index is 1.76. The van der Waals surface area contributed by atoms with Gasteiger partial charge in [0.15, 0.2) is 24.1 Å². The van der Waals surface area contributed by atoms with Crippen LogP contribution in [0, 0.1) is 5.82 Å². The Kier molecular flexibility index (Phi) is 5.41. The number of carboxylic acids is 1. The van der Waals surface area contributed by atoms with E-state index < -0.39 is 18.6 Å². The van der Waals surface area contributed by atoms with Crippen LogP contribution in [-0.2, 0) is 4.74 Å². The van der Waals surface area contributed by atoms with Crippen molar-refractivity contribution in [3.05, 3.63) is 47.2 Å². The molecule has 0 saturated heterocycles. The molecule has 1 aromatic carbocycles. The third kappa shape index (κ3) is 4.20. The summed E-state index contributed by atoms with van der Waals surface area (Å²) < 4.78 is 25.0. The van der Waals surface area contributed by atoms with Crippen LogP contribution >= 0.6 is 0 Å². The van der Waals surface area contributed by atoms with Crippen molar-refractivity contribution in [3.8, 4) is 5.75 Å². The summed E-state index contributed by atoms with van der Waals surface area (Å²) in [5.74, 6) is -1.37. The molecular weight excluding hydrogens is 381 g/mol. The van der Waals surface area contributed by atoms with Crippen LogP contribution in [0.25, 0.3) is 5.57 Å². The first-order valence-corrected chi connectivity index (χ1v) is 9.28. The third-order valence-electron chi connectivity index (χ3n) is 4.81. The molecule has 1 saturated carbocycles. The second-order valence-corrected chi connectivity index (χ2v) is 6.85. The fourth-order valence-electron chi connectivity index (χ4n) is 3.26. The fraction of sp³-hybridized carbons (Fsp3) is 0.350. The number of aromatic nitrogens is 2.